The first kappa shape index (κ1) is 14.4. The number of anilines is 1. The van der Waals surface area contributed by atoms with Crippen LogP contribution in [0.25, 0.3) is 0 Å². The normalized spacial score (nSPS) is 25.4. The van der Waals surface area contributed by atoms with Crippen molar-refractivity contribution >= 4 is 29.0 Å². The maximum absolute atomic E-state index is 12.3. The van der Waals surface area contributed by atoms with Gasteiger partial charge in [0.1, 0.15) is 0 Å². The number of hydrogen-bond donors (Lipinski definition) is 1. The Balaban J connectivity index is 1.68. The second kappa shape index (κ2) is 5.33. The Hall–Kier alpha value is -1.56. The van der Waals surface area contributed by atoms with Crippen LogP contribution in [0.4, 0.5) is 10.5 Å². The highest BCUT2D eigenvalue weighted by molar-refractivity contribution is 7.08. The van der Waals surface area contributed by atoms with Crippen LogP contribution in [0.2, 0.25) is 0 Å². The molecule has 3 amide bonds. The first-order chi connectivity index (χ1) is 9.99. The van der Waals surface area contributed by atoms with Crippen LogP contribution < -0.4 is 10.2 Å². The van der Waals surface area contributed by atoms with E-state index in [1.165, 1.54) is 0 Å². The molecule has 2 fully saturated rings. The van der Waals surface area contributed by atoms with E-state index in [4.69, 9.17) is 0 Å². The number of urea groups is 1. The van der Waals surface area contributed by atoms with Gasteiger partial charge in [0.25, 0.3) is 0 Å². The van der Waals surface area contributed by atoms with Crippen molar-refractivity contribution < 1.29 is 9.59 Å². The maximum atomic E-state index is 12.3. The molecule has 0 bridgehead atoms. The van der Waals surface area contributed by atoms with Gasteiger partial charge in [0.2, 0.25) is 5.91 Å². The van der Waals surface area contributed by atoms with E-state index in [2.05, 4.69) is 5.32 Å². The van der Waals surface area contributed by atoms with Gasteiger partial charge in [-0.2, -0.15) is 11.3 Å². The van der Waals surface area contributed by atoms with Gasteiger partial charge in [-0.15, -0.1) is 0 Å². The van der Waals surface area contributed by atoms with Crippen LogP contribution in [-0.2, 0) is 4.79 Å². The van der Waals surface area contributed by atoms with Crippen molar-refractivity contribution in [3.8, 4) is 0 Å². The van der Waals surface area contributed by atoms with Crippen molar-refractivity contribution in [2.45, 2.75) is 32.7 Å². The second-order valence-electron chi connectivity index (χ2n) is 6.41. The lowest BCUT2D eigenvalue weighted by molar-refractivity contribution is -0.117. The zero-order chi connectivity index (χ0) is 15.0. The SMILES string of the molecule is CC(C)NC(=O)N1CCC2(CC(=O)N(c3ccsc3)C2)C1. The molecule has 0 radical (unpaired) electrons. The van der Waals surface area contributed by atoms with Crippen molar-refractivity contribution in [3.05, 3.63) is 16.8 Å². The fourth-order valence-electron chi connectivity index (χ4n) is 3.26. The highest BCUT2D eigenvalue weighted by Crippen LogP contribution is 2.42. The Morgan fingerprint density at radius 3 is 2.90 bits per heavy atom. The number of thiophene rings is 1. The van der Waals surface area contributed by atoms with Crippen molar-refractivity contribution in [2.75, 3.05) is 24.5 Å². The number of hydrogen-bond acceptors (Lipinski definition) is 3. The molecule has 2 saturated heterocycles. The zero-order valence-electron chi connectivity index (χ0n) is 12.5. The Labute approximate surface area is 128 Å². The lowest BCUT2D eigenvalue weighted by atomic mass is 9.86. The monoisotopic (exact) mass is 307 g/mol. The molecule has 1 spiro atoms. The molecule has 3 rings (SSSR count). The minimum absolute atomic E-state index is 0.0108. The van der Waals surface area contributed by atoms with Gasteiger partial charge in [-0.05, 0) is 31.7 Å². The molecule has 2 aliphatic heterocycles. The van der Waals surface area contributed by atoms with Crippen LogP contribution in [0.15, 0.2) is 16.8 Å². The van der Waals surface area contributed by atoms with Crippen LogP contribution in [0.5, 0.6) is 0 Å². The first-order valence-electron chi connectivity index (χ1n) is 7.37. The molecule has 21 heavy (non-hydrogen) atoms. The molecule has 0 saturated carbocycles. The Bertz CT molecular complexity index is 543. The minimum Gasteiger partial charge on any atom is -0.336 e. The van der Waals surface area contributed by atoms with E-state index >= 15 is 0 Å². The molecule has 1 atom stereocenters. The largest absolute Gasteiger partial charge is 0.336 e. The van der Waals surface area contributed by atoms with E-state index in [-0.39, 0.29) is 23.4 Å². The summed E-state index contributed by atoms with van der Waals surface area (Å²) in [4.78, 5) is 28.1. The maximum Gasteiger partial charge on any atom is 0.317 e. The summed E-state index contributed by atoms with van der Waals surface area (Å²) in [5.74, 6) is 0.180. The summed E-state index contributed by atoms with van der Waals surface area (Å²) >= 11 is 1.60. The fourth-order valence-corrected chi connectivity index (χ4v) is 3.90. The van der Waals surface area contributed by atoms with Gasteiger partial charge >= 0.3 is 6.03 Å². The van der Waals surface area contributed by atoms with E-state index in [0.29, 0.717) is 13.0 Å². The number of nitrogens with one attached hydrogen (secondary N) is 1. The quantitative estimate of drug-likeness (QED) is 0.911. The molecule has 1 aromatic rings. The van der Waals surface area contributed by atoms with Gasteiger partial charge in [-0.3, -0.25) is 4.79 Å². The smallest absolute Gasteiger partial charge is 0.317 e. The molecule has 1 unspecified atom stereocenters. The zero-order valence-corrected chi connectivity index (χ0v) is 13.3. The van der Waals surface area contributed by atoms with Gasteiger partial charge in [0.15, 0.2) is 0 Å². The first-order valence-corrected chi connectivity index (χ1v) is 8.31. The Morgan fingerprint density at radius 1 is 1.43 bits per heavy atom. The third kappa shape index (κ3) is 2.77. The molecule has 3 heterocycles. The number of carbonyl (C=O) groups is 2. The van der Waals surface area contributed by atoms with Crippen molar-refractivity contribution in [3.63, 3.8) is 0 Å². The summed E-state index contributed by atoms with van der Waals surface area (Å²) in [6, 6.07) is 2.12. The summed E-state index contributed by atoms with van der Waals surface area (Å²) in [5.41, 5.74) is 0.930. The summed E-state index contributed by atoms with van der Waals surface area (Å²) in [6.07, 6.45) is 1.46. The number of rotatable bonds is 2. The highest BCUT2D eigenvalue weighted by atomic mass is 32.1. The average Bonchev–Trinajstić information content (AvgIpc) is 3.10. The van der Waals surface area contributed by atoms with Gasteiger partial charge in [0.05, 0.1) is 5.69 Å². The Morgan fingerprint density at radius 2 is 2.24 bits per heavy atom. The molecule has 1 aromatic heterocycles. The van der Waals surface area contributed by atoms with Gasteiger partial charge in [0, 0.05) is 42.9 Å². The van der Waals surface area contributed by atoms with E-state index < -0.39 is 0 Å². The summed E-state index contributed by atoms with van der Waals surface area (Å²) in [7, 11) is 0. The van der Waals surface area contributed by atoms with Crippen LogP contribution in [-0.4, -0.2) is 42.5 Å². The lowest BCUT2D eigenvalue weighted by Gasteiger charge is -2.24. The molecule has 0 aromatic carbocycles. The summed E-state index contributed by atoms with van der Waals surface area (Å²) < 4.78 is 0. The highest BCUT2D eigenvalue weighted by Gasteiger charge is 2.48. The predicted octanol–water partition coefficient (Wildman–Crippen LogP) is 2.29. The van der Waals surface area contributed by atoms with Crippen LogP contribution in [0.3, 0.4) is 0 Å². The fraction of sp³-hybridized carbons (Fsp3) is 0.600. The average molecular weight is 307 g/mol. The van der Waals surface area contributed by atoms with Crippen molar-refractivity contribution in [2.24, 2.45) is 5.41 Å². The van der Waals surface area contributed by atoms with Crippen molar-refractivity contribution in [1.82, 2.24) is 10.2 Å². The van der Waals surface area contributed by atoms with E-state index in [0.717, 1.165) is 25.2 Å². The third-order valence-corrected chi connectivity index (χ3v) is 4.95. The van der Waals surface area contributed by atoms with E-state index in [1.807, 2.05) is 40.5 Å². The standard InChI is InChI=1S/C15H21N3O2S/c1-11(2)16-14(20)17-5-4-15(9-17)7-13(19)18(10-15)12-3-6-21-8-12/h3,6,8,11H,4-5,7,9-10H2,1-2H3,(H,16,20). The van der Waals surface area contributed by atoms with Crippen LogP contribution >= 0.6 is 11.3 Å². The number of carbonyl (C=O) groups excluding carboxylic acids is 2. The van der Waals surface area contributed by atoms with E-state index in [9.17, 15) is 9.59 Å². The van der Waals surface area contributed by atoms with Gasteiger partial charge in [-0.25, -0.2) is 4.79 Å². The van der Waals surface area contributed by atoms with Crippen molar-refractivity contribution in [1.29, 1.82) is 0 Å². The summed E-state index contributed by atoms with van der Waals surface area (Å²) in [5, 5.41) is 6.93. The third-order valence-electron chi connectivity index (χ3n) is 4.28. The number of nitrogens with zero attached hydrogens (tertiary/aromatic N) is 2. The molecule has 114 valence electrons. The predicted molar refractivity (Wildman–Crippen MR) is 83.6 cm³/mol. The molecule has 2 aliphatic rings. The molecule has 1 N–H and O–H groups in total. The summed E-state index contributed by atoms with van der Waals surface area (Å²) in [6.45, 7) is 6.07. The van der Waals surface area contributed by atoms with Gasteiger partial charge in [-0.1, -0.05) is 0 Å². The Kier molecular flexibility index (Phi) is 3.65. The van der Waals surface area contributed by atoms with Crippen LogP contribution in [0.1, 0.15) is 26.7 Å². The van der Waals surface area contributed by atoms with Crippen LogP contribution in [0, 0.1) is 5.41 Å². The molecule has 6 heteroatoms. The molecular weight excluding hydrogens is 286 g/mol. The number of likely N-dealkylation sites (tertiary alicyclic amines) is 1. The topological polar surface area (TPSA) is 52.7 Å². The second-order valence-corrected chi connectivity index (χ2v) is 7.19. The minimum atomic E-state index is -0.0622. The van der Waals surface area contributed by atoms with Gasteiger partial charge < -0.3 is 15.1 Å². The molecule has 0 aliphatic carbocycles. The lowest BCUT2D eigenvalue weighted by Crippen LogP contribution is -2.43. The molecular formula is C15H21N3O2S. The number of amides is 3. The molecule has 5 nitrogen and oxygen atoms in total. The van der Waals surface area contributed by atoms with E-state index in [1.54, 1.807) is 11.3 Å².